The van der Waals surface area contributed by atoms with Gasteiger partial charge >= 0.3 is 11.7 Å². The van der Waals surface area contributed by atoms with E-state index in [1.807, 2.05) is 0 Å². The molecular weight excluding hydrogens is 264 g/mol. The minimum absolute atomic E-state index is 0.0328. The van der Waals surface area contributed by atoms with Crippen LogP contribution in [-0.4, -0.2) is 32.2 Å². The number of hydrogen-bond donors (Lipinski definition) is 1. The van der Waals surface area contributed by atoms with Crippen molar-refractivity contribution in [2.45, 2.75) is 0 Å². The Balaban J connectivity index is 3.67. The lowest BCUT2D eigenvalue weighted by Crippen LogP contribution is -2.08. The van der Waals surface area contributed by atoms with Gasteiger partial charge in [-0.3, -0.25) is 10.1 Å². The van der Waals surface area contributed by atoms with E-state index in [9.17, 15) is 14.9 Å². The third-order valence-electron chi connectivity index (χ3n) is 2.25. The number of rotatable bonds is 4. The van der Waals surface area contributed by atoms with Crippen molar-refractivity contribution >= 4 is 28.9 Å². The number of nitrogens with zero attached hydrogens (tertiary/aromatic N) is 1. The topological polar surface area (TPSA) is 90.7 Å². The number of nitro groups is 1. The molecule has 18 heavy (non-hydrogen) atoms. The average molecular weight is 275 g/mol. The van der Waals surface area contributed by atoms with Gasteiger partial charge in [-0.15, -0.1) is 0 Å². The van der Waals surface area contributed by atoms with Crippen molar-refractivity contribution in [1.29, 1.82) is 0 Å². The van der Waals surface area contributed by atoms with Crippen LogP contribution in [0.25, 0.3) is 0 Å². The summed E-state index contributed by atoms with van der Waals surface area (Å²) in [6.07, 6.45) is 0. The Labute approximate surface area is 108 Å². The molecule has 0 saturated heterocycles. The molecule has 0 saturated carbocycles. The Hall–Kier alpha value is -2.02. The van der Waals surface area contributed by atoms with Crippen molar-refractivity contribution in [3.05, 3.63) is 26.8 Å². The van der Waals surface area contributed by atoms with Gasteiger partial charge in [0, 0.05) is 7.05 Å². The van der Waals surface area contributed by atoms with E-state index in [1.54, 1.807) is 0 Å². The number of methoxy groups -OCH3 is 2. The van der Waals surface area contributed by atoms with Crippen LogP contribution in [0.1, 0.15) is 10.4 Å². The highest BCUT2D eigenvalue weighted by atomic mass is 35.5. The van der Waals surface area contributed by atoms with Crippen LogP contribution >= 0.6 is 11.6 Å². The molecule has 0 amide bonds. The molecule has 8 heteroatoms. The first-order valence-corrected chi connectivity index (χ1v) is 5.16. The van der Waals surface area contributed by atoms with E-state index in [0.717, 1.165) is 7.11 Å². The molecule has 0 atom stereocenters. The van der Waals surface area contributed by atoms with Crippen LogP contribution < -0.4 is 10.1 Å². The zero-order valence-corrected chi connectivity index (χ0v) is 10.7. The lowest BCUT2D eigenvalue weighted by molar-refractivity contribution is -0.384. The largest absolute Gasteiger partial charge is 0.489 e. The molecule has 1 aromatic rings. The van der Waals surface area contributed by atoms with Crippen molar-refractivity contribution in [3.63, 3.8) is 0 Å². The number of halogens is 1. The molecule has 98 valence electrons. The van der Waals surface area contributed by atoms with Crippen LogP contribution in [-0.2, 0) is 4.74 Å². The van der Waals surface area contributed by atoms with Gasteiger partial charge in [0.25, 0.3) is 0 Å². The van der Waals surface area contributed by atoms with Crippen molar-refractivity contribution in [1.82, 2.24) is 0 Å². The van der Waals surface area contributed by atoms with Crippen LogP contribution in [0.4, 0.5) is 11.4 Å². The fourth-order valence-electron chi connectivity index (χ4n) is 1.50. The van der Waals surface area contributed by atoms with Gasteiger partial charge in [-0.25, -0.2) is 4.79 Å². The van der Waals surface area contributed by atoms with E-state index in [-0.39, 0.29) is 22.0 Å². The molecule has 0 fully saturated rings. The molecule has 0 bridgehead atoms. The fourth-order valence-corrected chi connectivity index (χ4v) is 1.79. The van der Waals surface area contributed by atoms with E-state index in [0.29, 0.717) is 0 Å². The molecule has 0 aliphatic rings. The molecule has 0 radical (unpaired) electrons. The number of esters is 1. The molecule has 1 N–H and O–H groups in total. The average Bonchev–Trinajstić information content (AvgIpc) is 2.36. The van der Waals surface area contributed by atoms with E-state index in [2.05, 4.69) is 10.1 Å². The molecule has 0 aliphatic carbocycles. The summed E-state index contributed by atoms with van der Waals surface area (Å²) in [6, 6.07) is 1.26. The second-order valence-electron chi connectivity index (χ2n) is 3.16. The van der Waals surface area contributed by atoms with Crippen molar-refractivity contribution in [2.24, 2.45) is 0 Å². The van der Waals surface area contributed by atoms with E-state index in [4.69, 9.17) is 16.3 Å². The Morgan fingerprint density at radius 1 is 1.50 bits per heavy atom. The number of anilines is 1. The Kier molecular flexibility index (Phi) is 4.33. The highest BCUT2D eigenvalue weighted by molar-refractivity contribution is 6.34. The second kappa shape index (κ2) is 5.54. The number of hydrogen-bond acceptors (Lipinski definition) is 6. The fraction of sp³-hybridized carbons (Fsp3) is 0.300. The van der Waals surface area contributed by atoms with Crippen molar-refractivity contribution < 1.29 is 19.2 Å². The summed E-state index contributed by atoms with van der Waals surface area (Å²) in [5, 5.41) is 13.7. The number of carbonyl (C=O) groups is 1. The van der Waals surface area contributed by atoms with E-state index >= 15 is 0 Å². The normalized spacial score (nSPS) is 9.78. The lowest BCUT2D eigenvalue weighted by atomic mass is 10.1. The molecule has 1 aromatic carbocycles. The molecule has 1 rings (SSSR count). The van der Waals surface area contributed by atoms with Crippen molar-refractivity contribution in [3.8, 4) is 5.75 Å². The molecule has 0 aliphatic heterocycles. The van der Waals surface area contributed by atoms with Crippen molar-refractivity contribution in [2.75, 3.05) is 26.6 Å². The lowest BCUT2D eigenvalue weighted by Gasteiger charge is -2.12. The quantitative estimate of drug-likeness (QED) is 0.513. The number of nitrogens with one attached hydrogen (secondary N) is 1. The highest BCUT2D eigenvalue weighted by Crippen LogP contribution is 2.42. The predicted octanol–water partition coefficient (Wildman–Crippen LogP) is 2.09. The Bertz CT molecular complexity index is 504. The second-order valence-corrected chi connectivity index (χ2v) is 3.57. The van der Waals surface area contributed by atoms with Gasteiger partial charge in [-0.05, 0) is 6.07 Å². The first kappa shape index (κ1) is 14.0. The number of carbonyl (C=O) groups excluding carboxylic acids is 1. The minimum Gasteiger partial charge on any atom is -0.489 e. The van der Waals surface area contributed by atoms with Crippen LogP contribution in [0.5, 0.6) is 5.75 Å². The smallest absolute Gasteiger partial charge is 0.341 e. The third kappa shape index (κ3) is 2.30. The summed E-state index contributed by atoms with van der Waals surface area (Å²) in [6.45, 7) is 0. The van der Waals surface area contributed by atoms with Crippen LogP contribution in [0.2, 0.25) is 5.02 Å². The minimum atomic E-state index is -0.764. The van der Waals surface area contributed by atoms with Gasteiger partial charge in [0.15, 0.2) is 0 Å². The highest BCUT2D eigenvalue weighted by Gasteiger charge is 2.30. The summed E-state index contributed by atoms with van der Waals surface area (Å²) >= 11 is 5.88. The first-order chi connectivity index (χ1) is 8.47. The maximum absolute atomic E-state index is 11.5. The molecule has 0 spiro atoms. The summed E-state index contributed by atoms with van der Waals surface area (Å²) < 4.78 is 9.44. The molecular formula is C10H11ClN2O5. The van der Waals surface area contributed by atoms with Crippen LogP contribution in [0, 0.1) is 10.1 Å². The Morgan fingerprint density at radius 3 is 2.50 bits per heavy atom. The molecule has 0 aromatic heterocycles. The molecule has 0 heterocycles. The van der Waals surface area contributed by atoms with Gasteiger partial charge in [0.1, 0.15) is 11.3 Å². The van der Waals surface area contributed by atoms with Gasteiger partial charge in [0.05, 0.1) is 24.2 Å². The van der Waals surface area contributed by atoms with E-state index in [1.165, 1.54) is 20.2 Å². The SMILES string of the molecule is CNc1c(Cl)cc(C(=O)OC)c(OC)c1[N+](=O)[O-]. The van der Waals surface area contributed by atoms with Gasteiger partial charge in [-0.2, -0.15) is 0 Å². The zero-order valence-electron chi connectivity index (χ0n) is 9.94. The monoisotopic (exact) mass is 274 g/mol. The molecule has 7 nitrogen and oxygen atoms in total. The summed E-state index contributed by atoms with van der Waals surface area (Å²) in [4.78, 5) is 21.9. The summed E-state index contributed by atoms with van der Waals surface area (Å²) in [5.41, 5.74) is -0.435. The van der Waals surface area contributed by atoms with Crippen LogP contribution in [0.3, 0.4) is 0 Å². The standard InChI is InChI=1S/C10H11ClN2O5/c1-12-7-6(11)4-5(10(14)18-3)9(17-2)8(7)13(15)16/h4,12H,1-3H3. The maximum Gasteiger partial charge on any atom is 0.341 e. The predicted molar refractivity (Wildman–Crippen MR) is 65.5 cm³/mol. The summed E-state index contributed by atoms with van der Waals surface area (Å²) in [5.74, 6) is -0.958. The first-order valence-electron chi connectivity index (χ1n) is 4.78. The summed E-state index contributed by atoms with van der Waals surface area (Å²) in [7, 11) is 3.86. The number of nitro benzene ring substituents is 1. The maximum atomic E-state index is 11.5. The third-order valence-corrected chi connectivity index (χ3v) is 2.55. The Morgan fingerprint density at radius 2 is 2.11 bits per heavy atom. The number of ether oxygens (including phenoxy) is 2. The van der Waals surface area contributed by atoms with Gasteiger partial charge in [0.2, 0.25) is 5.75 Å². The number of benzene rings is 1. The zero-order chi connectivity index (χ0) is 13.9. The van der Waals surface area contributed by atoms with Gasteiger partial charge in [-0.1, -0.05) is 11.6 Å². The van der Waals surface area contributed by atoms with Crippen LogP contribution in [0.15, 0.2) is 6.07 Å². The molecule has 0 unspecified atom stereocenters. The van der Waals surface area contributed by atoms with Gasteiger partial charge < -0.3 is 14.8 Å². The van der Waals surface area contributed by atoms with E-state index < -0.39 is 16.6 Å².